The molecule has 26 heavy (non-hydrogen) atoms. The molecule has 6 nitrogen and oxygen atoms in total. The molecule has 9 heteroatoms. The van der Waals surface area contributed by atoms with Crippen LogP contribution in [-0.2, 0) is 16.4 Å². The number of fused-ring (bicyclic) bond motifs is 1. The smallest absolute Gasteiger partial charge is 0.244 e. The van der Waals surface area contributed by atoms with Gasteiger partial charge in [-0.15, -0.1) is 11.3 Å². The van der Waals surface area contributed by atoms with Gasteiger partial charge in [0, 0.05) is 19.0 Å². The summed E-state index contributed by atoms with van der Waals surface area (Å²) in [5, 5.41) is 24.2. The van der Waals surface area contributed by atoms with Crippen molar-refractivity contribution in [2.45, 2.75) is 30.3 Å². The molecular weight excluding hydrogens is 379 g/mol. The highest BCUT2D eigenvalue weighted by Gasteiger charge is 2.31. The number of aliphatic hydroxyl groups excluding tert-OH is 1. The summed E-state index contributed by atoms with van der Waals surface area (Å²) in [6.45, 7) is -0.153. The minimum Gasteiger partial charge on any atom is -0.411 e. The number of likely N-dealkylation sites (N-methyl/N-ethyl adjacent to an activating group) is 1. The summed E-state index contributed by atoms with van der Waals surface area (Å²) < 4.78 is 40.0. The van der Waals surface area contributed by atoms with Crippen LogP contribution in [-0.4, -0.2) is 42.3 Å². The Balaban J connectivity index is 1.84. The summed E-state index contributed by atoms with van der Waals surface area (Å²) >= 11 is 1.25. The van der Waals surface area contributed by atoms with Crippen LogP contribution >= 0.6 is 11.3 Å². The average molecular weight is 398 g/mol. The SMILES string of the molecule is CN(C[C@@H](O)c1ccc(F)cc1)S(=O)(=O)c1csc2c1CCC/C2=N\O. The van der Waals surface area contributed by atoms with Gasteiger partial charge in [-0.2, -0.15) is 4.31 Å². The second kappa shape index (κ2) is 7.43. The molecule has 1 aromatic carbocycles. The van der Waals surface area contributed by atoms with Crippen LogP contribution in [0.1, 0.15) is 34.9 Å². The van der Waals surface area contributed by atoms with Crippen LogP contribution in [0.2, 0.25) is 0 Å². The van der Waals surface area contributed by atoms with Crippen molar-refractivity contribution in [1.82, 2.24) is 4.31 Å². The zero-order valence-corrected chi connectivity index (χ0v) is 15.7. The van der Waals surface area contributed by atoms with Crippen molar-refractivity contribution >= 4 is 27.1 Å². The third-order valence-corrected chi connectivity index (χ3v) is 7.56. The molecule has 140 valence electrons. The van der Waals surface area contributed by atoms with Crippen LogP contribution in [0, 0.1) is 5.82 Å². The second-order valence-electron chi connectivity index (χ2n) is 6.16. The van der Waals surface area contributed by atoms with Gasteiger partial charge >= 0.3 is 0 Å². The third kappa shape index (κ3) is 3.52. The standard InChI is InChI=1S/C17H19FN2O4S2/c1-20(9-15(21)11-5-7-12(18)8-6-11)26(23,24)16-10-25-17-13(16)3-2-4-14(17)19-22/h5-8,10,15,21-22H,2-4,9H2,1H3/b19-14+/t15-/m1/s1. The van der Waals surface area contributed by atoms with Gasteiger partial charge < -0.3 is 10.3 Å². The van der Waals surface area contributed by atoms with E-state index in [9.17, 15) is 17.9 Å². The van der Waals surface area contributed by atoms with Crippen molar-refractivity contribution in [2.75, 3.05) is 13.6 Å². The molecule has 0 saturated carbocycles. The topological polar surface area (TPSA) is 90.2 Å². The first-order valence-electron chi connectivity index (χ1n) is 8.06. The number of aliphatic hydroxyl groups is 1. The molecule has 0 saturated heterocycles. The molecule has 0 unspecified atom stereocenters. The molecule has 1 aliphatic carbocycles. The summed E-state index contributed by atoms with van der Waals surface area (Å²) in [5.41, 5.74) is 1.61. The molecule has 1 aliphatic rings. The first-order chi connectivity index (χ1) is 12.3. The number of benzene rings is 1. The van der Waals surface area contributed by atoms with E-state index in [-0.39, 0.29) is 11.4 Å². The third-order valence-electron chi connectivity index (χ3n) is 4.45. The van der Waals surface area contributed by atoms with Crippen LogP contribution < -0.4 is 0 Å². The molecule has 0 amide bonds. The molecule has 3 rings (SSSR count). The number of hydrogen-bond donors (Lipinski definition) is 2. The molecule has 1 atom stereocenters. The second-order valence-corrected chi connectivity index (χ2v) is 9.05. The zero-order valence-electron chi connectivity index (χ0n) is 14.1. The van der Waals surface area contributed by atoms with Crippen molar-refractivity contribution in [3.05, 3.63) is 51.5 Å². The Labute approximate surface area is 155 Å². The van der Waals surface area contributed by atoms with Gasteiger partial charge in [-0.05, 0) is 42.5 Å². The normalized spacial score (nSPS) is 17.5. The zero-order chi connectivity index (χ0) is 18.9. The number of halogens is 1. The number of rotatable bonds is 5. The van der Waals surface area contributed by atoms with Crippen LogP contribution in [0.15, 0.2) is 39.7 Å². The van der Waals surface area contributed by atoms with Crippen molar-refractivity contribution in [3.63, 3.8) is 0 Å². The van der Waals surface area contributed by atoms with Gasteiger partial charge in [0.2, 0.25) is 10.0 Å². The summed E-state index contributed by atoms with van der Waals surface area (Å²) in [6, 6.07) is 5.30. The van der Waals surface area contributed by atoms with Gasteiger partial charge in [-0.1, -0.05) is 17.3 Å². The van der Waals surface area contributed by atoms with Gasteiger partial charge in [0.1, 0.15) is 5.82 Å². The van der Waals surface area contributed by atoms with Crippen LogP contribution in [0.25, 0.3) is 0 Å². The van der Waals surface area contributed by atoms with E-state index in [1.165, 1.54) is 42.6 Å². The lowest BCUT2D eigenvalue weighted by molar-refractivity contribution is 0.155. The molecule has 0 fully saturated rings. The first kappa shape index (κ1) is 19.0. The molecule has 0 radical (unpaired) electrons. The van der Waals surface area contributed by atoms with E-state index in [0.29, 0.717) is 41.0 Å². The predicted molar refractivity (Wildman–Crippen MR) is 96.8 cm³/mol. The van der Waals surface area contributed by atoms with Crippen molar-refractivity contribution in [3.8, 4) is 0 Å². The van der Waals surface area contributed by atoms with E-state index in [1.807, 2.05) is 0 Å². The summed E-state index contributed by atoms with van der Waals surface area (Å²) in [5.74, 6) is -0.423. The molecule has 2 aromatic rings. The van der Waals surface area contributed by atoms with E-state index in [2.05, 4.69) is 5.16 Å². The average Bonchev–Trinajstić information content (AvgIpc) is 3.07. The van der Waals surface area contributed by atoms with E-state index >= 15 is 0 Å². The minimum absolute atomic E-state index is 0.153. The lowest BCUT2D eigenvalue weighted by atomic mass is 9.98. The van der Waals surface area contributed by atoms with Gasteiger partial charge in [0.15, 0.2) is 0 Å². The minimum atomic E-state index is -3.81. The van der Waals surface area contributed by atoms with Gasteiger partial charge in [-0.3, -0.25) is 0 Å². The molecule has 0 bridgehead atoms. The fraction of sp³-hybridized carbons (Fsp3) is 0.353. The number of sulfonamides is 1. The van der Waals surface area contributed by atoms with Gasteiger partial charge in [-0.25, -0.2) is 12.8 Å². The highest BCUT2D eigenvalue weighted by Crippen LogP contribution is 2.34. The first-order valence-corrected chi connectivity index (χ1v) is 10.4. The molecule has 1 aromatic heterocycles. The fourth-order valence-corrected chi connectivity index (χ4v) is 5.89. The Bertz CT molecular complexity index is 923. The van der Waals surface area contributed by atoms with E-state index < -0.39 is 21.9 Å². The molecule has 0 spiro atoms. The maximum atomic E-state index is 13.0. The lowest BCUT2D eigenvalue weighted by Gasteiger charge is -2.22. The summed E-state index contributed by atoms with van der Waals surface area (Å²) in [4.78, 5) is 0.886. The van der Waals surface area contributed by atoms with Crippen molar-refractivity contribution in [1.29, 1.82) is 0 Å². The van der Waals surface area contributed by atoms with Crippen molar-refractivity contribution in [2.24, 2.45) is 5.16 Å². The Kier molecular flexibility index (Phi) is 5.42. The molecule has 0 aliphatic heterocycles. The van der Waals surface area contributed by atoms with Crippen LogP contribution in [0.5, 0.6) is 0 Å². The summed E-state index contributed by atoms with van der Waals surface area (Å²) in [7, 11) is -2.41. The summed E-state index contributed by atoms with van der Waals surface area (Å²) in [6.07, 6.45) is 0.858. The van der Waals surface area contributed by atoms with E-state index in [0.717, 1.165) is 4.31 Å². The number of nitrogens with zero attached hydrogens (tertiary/aromatic N) is 2. The quantitative estimate of drug-likeness (QED) is 0.599. The highest BCUT2D eigenvalue weighted by molar-refractivity contribution is 7.89. The predicted octanol–water partition coefficient (Wildman–Crippen LogP) is 2.76. The van der Waals surface area contributed by atoms with E-state index in [4.69, 9.17) is 5.21 Å². The molecule has 2 N–H and O–H groups in total. The van der Waals surface area contributed by atoms with Crippen LogP contribution in [0.3, 0.4) is 0 Å². The Hall–Kier alpha value is -1.81. The number of oxime groups is 1. The molecular formula is C17H19FN2O4S2. The maximum absolute atomic E-state index is 13.0. The number of hydrogen-bond acceptors (Lipinski definition) is 6. The Morgan fingerprint density at radius 2 is 2.00 bits per heavy atom. The van der Waals surface area contributed by atoms with Crippen molar-refractivity contribution < 1.29 is 23.1 Å². The highest BCUT2D eigenvalue weighted by atomic mass is 32.2. The van der Waals surface area contributed by atoms with E-state index in [1.54, 1.807) is 5.38 Å². The fourth-order valence-electron chi connectivity index (χ4n) is 3.00. The monoisotopic (exact) mass is 398 g/mol. The Morgan fingerprint density at radius 1 is 1.31 bits per heavy atom. The maximum Gasteiger partial charge on any atom is 0.244 e. The Morgan fingerprint density at radius 3 is 2.65 bits per heavy atom. The lowest BCUT2D eigenvalue weighted by Crippen LogP contribution is -2.31. The van der Waals surface area contributed by atoms with Gasteiger partial charge in [0.25, 0.3) is 0 Å². The van der Waals surface area contributed by atoms with Crippen LogP contribution in [0.4, 0.5) is 4.39 Å². The van der Waals surface area contributed by atoms with Gasteiger partial charge in [0.05, 0.1) is 21.6 Å². The largest absolute Gasteiger partial charge is 0.411 e. The number of thiophene rings is 1. The molecule has 1 heterocycles.